The van der Waals surface area contributed by atoms with E-state index in [2.05, 4.69) is 41.6 Å². The van der Waals surface area contributed by atoms with E-state index in [1.165, 1.54) is 5.56 Å². The molecular weight excluding hydrogens is 406 g/mol. The normalized spacial score (nSPS) is 11.0. The van der Waals surface area contributed by atoms with Gasteiger partial charge in [-0.25, -0.2) is 4.98 Å². The van der Waals surface area contributed by atoms with Gasteiger partial charge in [-0.05, 0) is 72.6 Å². The number of carbonyl (C=O) groups excluding carboxylic acids is 1. The molecule has 4 aromatic rings. The zero-order valence-corrected chi connectivity index (χ0v) is 18.4. The van der Waals surface area contributed by atoms with Crippen molar-refractivity contribution in [3.63, 3.8) is 0 Å². The number of hydrogen-bond acceptors (Lipinski definition) is 4. The van der Waals surface area contributed by atoms with Crippen LogP contribution in [-0.4, -0.2) is 16.0 Å². The van der Waals surface area contributed by atoms with E-state index < -0.39 is 0 Å². The fourth-order valence-corrected chi connectivity index (χ4v) is 3.53. The summed E-state index contributed by atoms with van der Waals surface area (Å²) in [5, 5.41) is 6.01. The van der Waals surface area contributed by atoms with Gasteiger partial charge in [0.25, 0.3) is 5.91 Å². The van der Waals surface area contributed by atoms with Gasteiger partial charge in [0.1, 0.15) is 5.52 Å². The summed E-state index contributed by atoms with van der Waals surface area (Å²) >= 11 is 5.32. The highest BCUT2D eigenvalue weighted by Gasteiger charge is 2.12. The molecule has 0 aliphatic carbocycles. The van der Waals surface area contributed by atoms with Gasteiger partial charge in [0, 0.05) is 16.8 Å². The lowest BCUT2D eigenvalue weighted by Crippen LogP contribution is -2.34. The van der Waals surface area contributed by atoms with Gasteiger partial charge in [0.15, 0.2) is 10.7 Å². The minimum atomic E-state index is -0.244. The summed E-state index contributed by atoms with van der Waals surface area (Å²) in [6, 6.07) is 21.0. The van der Waals surface area contributed by atoms with Crippen molar-refractivity contribution in [3.8, 4) is 11.5 Å². The number of thiocarbonyl (C=S) groups is 1. The Hall–Kier alpha value is -3.51. The molecule has 0 radical (unpaired) electrons. The van der Waals surface area contributed by atoms with Crippen LogP contribution in [0.1, 0.15) is 41.3 Å². The van der Waals surface area contributed by atoms with Crippen molar-refractivity contribution in [3.05, 3.63) is 83.4 Å². The van der Waals surface area contributed by atoms with E-state index in [1.807, 2.05) is 55.5 Å². The van der Waals surface area contributed by atoms with Gasteiger partial charge in [-0.3, -0.25) is 10.1 Å². The third-order valence-electron chi connectivity index (χ3n) is 5.06. The van der Waals surface area contributed by atoms with E-state index in [4.69, 9.17) is 16.6 Å². The molecule has 0 unspecified atom stereocenters. The molecule has 2 N–H and O–H groups in total. The highest BCUT2D eigenvalue weighted by atomic mass is 32.1. The number of fused-ring (bicyclic) bond motifs is 1. The molecule has 31 heavy (non-hydrogen) atoms. The quantitative estimate of drug-likeness (QED) is 0.386. The molecule has 1 heterocycles. The third-order valence-corrected chi connectivity index (χ3v) is 5.27. The number of nitrogens with zero attached hydrogens (tertiary/aromatic N) is 1. The number of benzene rings is 3. The Morgan fingerprint density at radius 3 is 2.61 bits per heavy atom. The first-order valence-electron chi connectivity index (χ1n) is 10.1. The molecule has 1 aromatic heterocycles. The van der Waals surface area contributed by atoms with Gasteiger partial charge in [-0.15, -0.1) is 0 Å². The minimum Gasteiger partial charge on any atom is -0.436 e. The Balaban J connectivity index is 1.51. The van der Waals surface area contributed by atoms with E-state index >= 15 is 0 Å². The largest absolute Gasteiger partial charge is 0.436 e. The van der Waals surface area contributed by atoms with Gasteiger partial charge in [0.05, 0.1) is 0 Å². The molecule has 0 saturated carbocycles. The van der Waals surface area contributed by atoms with Crippen LogP contribution in [0, 0.1) is 6.92 Å². The smallest absolute Gasteiger partial charge is 0.257 e. The molecule has 0 atom stereocenters. The van der Waals surface area contributed by atoms with Gasteiger partial charge in [0.2, 0.25) is 5.89 Å². The monoisotopic (exact) mass is 429 g/mol. The number of anilines is 1. The number of aromatic nitrogens is 1. The molecule has 0 bridgehead atoms. The molecule has 1 amide bonds. The Bertz CT molecular complexity index is 1280. The van der Waals surface area contributed by atoms with Crippen molar-refractivity contribution in [2.75, 3.05) is 5.32 Å². The lowest BCUT2D eigenvalue weighted by Gasteiger charge is -2.11. The molecule has 0 aliphatic rings. The van der Waals surface area contributed by atoms with Crippen molar-refractivity contribution >= 4 is 40.0 Å². The SMILES string of the molecule is Cc1ccccc1C(=O)NC(=S)Nc1cccc(-c2nc3cc(C(C)C)ccc3o2)c1. The maximum absolute atomic E-state index is 12.5. The van der Waals surface area contributed by atoms with Crippen LogP contribution in [0.3, 0.4) is 0 Å². The summed E-state index contributed by atoms with van der Waals surface area (Å²) in [5.74, 6) is 0.717. The van der Waals surface area contributed by atoms with Crippen LogP contribution in [0.2, 0.25) is 0 Å². The minimum absolute atomic E-state index is 0.226. The maximum atomic E-state index is 12.5. The third kappa shape index (κ3) is 4.64. The van der Waals surface area contributed by atoms with Crippen LogP contribution >= 0.6 is 12.2 Å². The molecule has 6 heteroatoms. The van der Waals surface area contributed by atoms with Gasteiger partial charge >= 0.3 is 0 Å². The fourth-order valence-electron chi connectivity index (χ4n) is 3.32. The molecule has 5 nitrogen and oxygen atoms in total. The zero-order chi connectivity index (χ0) is 22.0. The van der Waals surface area contributed by atoms with Crippen LogP contribution in [0.15, 0.2) is 71.1 Å². The van der Waals surface area contributed by atoms with E-state index in [9.17, 15) is 4.79 Å². The lowest BCUT2D eigenvalue weighted by atomic mass is 10.0. The number of carbonyl (C=O) groups is 1. The zero-order valence-electron chi connectivity index (χ0n) is 17.6. The first kappa shape index (κ1) is 20.8. The molecule has 3 aromatic carbocycles. The van der Waals surface area contributed by atoms with E-state index in [0.717, 1.165) is 27.9 Å². The van der Waals surface area contributed by atoms with Gasteiger partial charge in [-0.1, -0.05) is 44.2 Å². The molecule has 0 fully saturated rings. The highest BCUT2D eigenvalue weighted by molar-refractivity contribution is 7.80. The van der Waals surface area contributed by atoms with Crippen molar-refractivity contribution in [2.45, 2.75) is 26.7 Å². The molecule has 0 aliphatic heterocycles. The van der Waals surface area contributed by atoms with Crippen LogP contribution in [0.25, 0.3) is 22.6 Å². The fraction of sp³-hybridized carbons (Fsp3) is 0.160. The molecule has 4 rings (SSSR count). The number of nitrogens with one attached hydrogen (secondary N) is 2. The summed E-state index contributed by atoms with van der Waals surface area (Å²) in [6.07, 6.45) is 0. The van der Waals surface area contributed by atoms with Crippen molar-refractivity contribution in [1.29, 1.82) is 0 Å². The second-order valence-corrected chi connectivity index (χ2v) is 8.11. The van der Waals surface area contributed by atoms with Crippen molar-refractivity contribution < 1.29 is 9.21 Å². The van der Waals surface area contributed by atoms with Crippen molar-refractivity contribution in [2.24, 2.45) is 0 Å². The summed E-state index contributed by atoms with van der Waals surface area (Å²) in [5.41, 5.74) is 5.84. The van der Waals surface area contributed by atoms with E-state index in [1.54, 1.807) is 6.07 Å². The standard InChI is InChI=1S/C25H23N3O2S/c1-15(2)17-11-12-22-21(14-17)27-24(30-22)18-8-6-9-19(13-18)26-25(31)28-23(29)20-10-5-4-7-16(20)3/h4-15H,1-3H3,(H2,26,28,29,31). The average molecular weight is 430 g/mol. The number of aryl methyl sites for hydroxylation is 1. The predicted molar refractivity (Wildman–Crippen MR) is 128 cm³/mol. The maximum Gasteiger partial charge on any atom is 0.257 e. The van der Waals surface area contributed by atoms with Gasteiger partial charge < -0.3 is 9.73 Å². The summed E-state index contributed by atoms with van der Waals surface area (Å²) in [4.78, 5) is 17.1. The van der Waals surface area contributed by atoms with Crippen LogP contribution < -0.4 is 10.6 Å². The number of amides is 1. The first-order valence-corrected chi connectivity index (χ1v) is 10.5. The van der Waals surface area contributed by atoms with Gasteiger partial charge in [-0.2, -0.15) is 0 Å². The van der Waals surface area contributed by atoms with E-state index in [0.29, 0.717) is 17.4 Å². The Morgan fingerprint density at radius 1 is 1.03 bits per heavy atom. The number of oxazole rings is 1. The Kier molecular flexibility index (Phi) is 5.82. The summed E-state index contributed by atoms with van der Waals surface area (Å²) in [7, 11) is 0. The lowest BCUT2D eigenvalue weighted by molar-refractivity contribution is 0.0977. The second kappa shape index (κ2) is 8.70. The topological polar surface area (TPSA) is 67.2 Å². The Morgan fingerprint density at radius 2 is 1.84 bits per heavy atom. The second-order valence-electron chi connectivity index (χ2n) is 7.70. The van der Waals surface area contributed by atoms with Crippen LogP contribution in [-0.2, 0) is 0 Å². The predicted octanol–water partition coefficient (Wildman–Crippen LogP) is 6.05. The van der Waals surface area contributed by atoms with Crippen LogP contribution in [0.4, 0.5) is 5.69 Å². The summed E-state index contributed by atoms with van der Waals surface area (Å²) in [6.45, 7) is 6.19. The summed E-state index contributed by atoms with van der Waals surface area (Å²) < 4.78 is 5.94. The molecule has 0 spiro atoms. The molecule has 0 saturated heterocycles. The van der Waals surface area contributed by atoms with Crippen LogP contribution in [0.5, 0.6) is 0 Å². The Labute approximate surface area is 186 Å². The number of hydrogen-bond donors (Lipinski definition) is 2. The van der Waals surface area contributed by atoms with E-state index in [-0.39, 0.29) is 11.0 Å². The number of rotatable bonds is 4. The average Bonchev–Trinajstić information content (AvgIpc) is 3.17. The first-order chi connectivity index (χ1) is 14.9. The highest BCUT2D eigenvalue weighted by Crippen LogP contribution is 2.28. The molecular formula is C25H23N3O2S. The van der Waals surface area contributed by atoms with Crippen molar-refractivity contribution in [1.82, 2.24) is 10.3 Å². The molecule has 156 valence electrons.